The Bertz CT molecular complexity index is 1390. The van der Waals surface area contributed by atoms with Crippen molar-refractivity contribution >= 4 is 11.5 Å². The molecular weight excluding hydrogens is 432 g/mol. The zero-order valence-corrected chi connectivity index (χ0v) is 18.9. The highest BCUT2D eigenvalue weighted by molar-refractivity contribution is 5.63. The van der Waals surface area contributed by atoms with Crippen LogP contribution >= 0.6 is 0 Å². The molecule has 0 aliphatic rings. The summed E-state index contributed by atoms with van der Waals surface area (Å²) < 4.78 is 12.3. The topological polar surface area (TPSA) is 104 Å². The highest BCUT2D eigenvalue weighted by Gasteiger charge is 2.10. The summed E-state index contributed by atoms with van der Waals surface area (Å²) in [5.74, 6) is 1.50. The molecule has 1 aromatic carbocycles. The maximum atomic E-state index is 5.28. The Morgan fingerprint density at radius 3 is 2.65 bits per heavy atom. The zero-order chi connectivity index (χ0) is 23.3. The minimum atomic E-state index is 0.579. The second-order valence-corrected chi connectivity index (χ2v) is 7.60. The number of rotatable bonds is 9. The van der Waals surface area contributed by atoms with Crippen molar-refractivity contribution < 1.29 is 9.47 Å². The molecule has 1 N–H and O–H groups in total. The summed E-state index contributed by atoms with van der Waals surface area (Å²) in [7, 11) is 3.30. The number of hydrogen-bond donors (Lipinski definition) is 1. The fourth-order valence-electron chi connectivity index (χ4n) is 3.57. The third-order valence-corrected chi connectivity index (χ3v) is 5.41. The predicted octanol–water partition coefficient (Wildman–Crippen LogP) is 3.32. The lowest BCUT2D eigenvalue weighted by Crippen LogP contribution is -2.07. The molecule has 0 atom stereocenters. The molecular formula is C24H24N8O2. The molecule has 4 aromatic heterocycles. The summed E-state index contributed by atoms with van der Waals surface area (Å²) >= 11 is 0. The van der Waals surface area contributed by atoms with Crippen LogP contribution in [0, 0.1) is 0 Å². The monoisotopic (exact) mass is 456 g/mol. The summed E-state index contributed by atoms with van der Waals surface area (Å²) in [5.41, 5.74) is 5.43. The molecule has 4 heterocycles. The van der Waals surface area contributed by atoms with E-state index in [2.05, 4.69) is 42.6 Å². The molecule has 10 nitrogen and oxygen atoms in total. The molecule has 0 amide bonds. The first-order valence-corrected chi connectivity index (χ1v) is 10.8. The second kappa shape index (κ2) is 9.67. The summed E-state index contributed by atoms with van der Waals surface area (Å²) in [5, 5.41) is 12.1. The quantitative estimate of drug-likeness (QED) is 0.360. The highest BCUT2D eigenvalue weighted by Crippen LogP contribution is 2.23. The molecule has 0 saturated carbocycles. The number of pyridine rings is 1. The van der Waals surface area contributed by atoms with E-state index >= 15 is 0 Å². The summed E-state index contributed by atoms with van der Waals surface area (Å²) in [6, 6.07) is 13.9. The first-order chi connectivity index (χ1) is 16.7. The van der Waals surface area contributed by atoms with Gasteiger partial charge in [-0.15, -0.1) is 0 Å². The number of benzene rings is 1. The van der Waals surface area contributed by atoms with E-state index in [1.165, 1.54) is 0 Å². The largest absolute Gasteiger partial charge is 0.497 e. The van der Waals surface area contributed by atoms with E-state index in [1.54, 1.807) is 37.7 Å². The van der Waals surface area contributed by atoms with Crippen molar-refractivity contribution in [2.24, 2.45) is 0 Å². The summed E-state index contributed by atoms with van der Waals surface area (Å²) in [6.07, 6.45) is 7.03. The maximum absolute atomic E-state index is 5.28. The number of nitrogens with one attached hydrogen (secondary N) is 1. The average molecular weight is 457 g/mol. The van der Waals surface area contributed by atoms with E-state index in [-0.39, 0.29) is 0 Å². The van der Waals surface area contributed by atoms with Gasteiger partial charge in [-0.05, 0) is 11.6 Å². The SMILES string of the molecule is COCCn1ncc(-c2ccc(CNc3cc(-c4cnc5cc(OC)ccn45)ncn3)cc2)n1. The molecule has 0 bridgehead atoms. The summed E-state index contributed by atoms with van der Waals surface area (Å²) in [6.45, 7) is 1.83. The smallest absolute Gasteiger partial charge is 0.140 e. The predicted molar refractivity (Wildman–Crippen MR) is 127 cm³/mol. The van der Waals surface area contributed by atoms with E-state index < -0.39 is 0 Å². The van der Waals surface area contributed by atoms with Gasteiger partial charge in [0.1, 0.15) is 29.2 Å². The van der Waals surface area contributed by atoms with E-state index in [0.717, 1.165) is 45.4 Å². The summed E-state index contributed by atoms with van der Waals surface area (Å²) in [4.78, 5) is 14.9. The third kappa shape index (κ3) is 4.57. The molecule has 0 aliphatic heterocycles. The Hall–Kier alpha value is -4.31. The Kier molecular flexibility index (Phi) is 6.13. The normalized spacial score (nSPS) is 11.1. The molecule has 5 rings (SSSR count). The number of imidazole rings is 1. The van der Waals surface area contributed by atoms with Crippen LogP contribution in [0.3, 0.4) is 0 Å². The van der Waals surface area contributed by atoms with Crippen LogP contribution in [0.15, 0.2) is 67.4 Å². The molecule has 0 aliphatic carbocycles. The van der Waals surface area contributed by atoms with Crippen LogP contribution in [0.5, 0.6) is 5.75 Å². The van der Waals surface area contributed by atoms with Gasteiger partial charge in [0, 0.05) is 37.5 Å². The van der Waals surface area contributed by atoms with E-state index in [0.29, 0.717) is 19.7 Å². The van der Waals surface area contributed by atoms with Crippen molar-refractivity contribution in [3.8, 4) is 28.4 Å². The van der Waals surface area contributed by atoms with Crippen LogP contribution in [0.2, 0.25) is 0 Å². The van der Waals surface area contributed by atoms with Crippen LogP contribution < -0.4 is 10.1 Å². The Morgan fingerprint density at radius 1 is 0.941 bits per heavy atom. The zero-order valence-electron chi connectivity index (χ0n) is 18.9. The van der Waals surface area contributed by atoms with Gasteiger partial charge in [0.2, 0.25) is 0 Å². The lowest BCUT2D eigenvalue weighted by atomic mass is 10.1. The van der Waals surface area contributed by atoms with Gasteiger partial charge in [-0.1, -0.05) is 24.3 Å². The number of nitrogens with zero attached hydrogens (tertiary/aromatic N) is 7. The molecule has 0 radical (unpaired) electrons. The average Bonchev–Trinajstić information content (AvgIpc) is 3.53. The number of fused-ring (bicyclic) bond motifs is 1. The standard InChI is InChI=1S/C24H24N8O2/c1-33-10-9-32-29-14-21(30-32)18-5-3-17(4-6-18)13-25-23-12-20(27-16-28-23)22-15-26-24-11-19(34-2)7-8-31(22)24/h3-8,11-12,14-16H,9-10,13H2,1-2H3,(H,25,27,28). The van der Waals surface area contributed by atoms with Crippen LogP contribution in [-0.4, -0.2) is 55.2 Å². The van der Waals surface area contributed by atoms with Gasteiger partial charge in [0.05, 0.1) is 44.0 Å². The minimum absolute atomic E-state index is 0.579. The molecule has 172 valence electrons. The molecule has 0 saturated heterocycles. The highest BCUT2D eigenvalue weighted by atomic mass is 16.5. The minimum Gasteiger partial charge on any atom is -0.497 e. The Balaban J connectivity index is 1.26. The number of hydrogen-bond acceptors (Lipinski definition) is 8. The fraction of sp³-hybridized carbons (Fsp3) is 0.208. The lowest BCUT2D eigenvalue weighted by molar-refractivity contribution is 0.179. The first kappa shape index (κ1) is 21.5. The Morgan fingerprint density at radius 2 is 1.82 bits per heavy atom. The molecule has 0 unspecified atom stereocenters. The van der Waals surface area contributed by atoms with E-state index in [4.69, 9.17) is 9.47 Å². The van der Waals surface area contributed by atoms with Crippen molar-refractivity contribution in [1.82, 2.24) is 34.3 Å². The van der Waals surface area contributed by atoms with E-state index in [1.807, 2.05) is 40.9 Å². The van der Waals surface area contributed by atoms with Gasteiger partial charge in [-0.3, -0.25) is 4.40 Å². The fourth-order valence-corrected chi connectivity index (χ4v) is 3.57. The van der Waals surface area contributed by atoms with E-state index in [9.17, 15) is 0 Å². The number of aromatic nitrogens is 7. The van der Waals surface area contributed by atoms with Crippen LogP contribution in [0.25, 0.3) is 28.3 Å². The van der Waals surface area contributed by atoms with Crippen molar-refractivity contribution in [1.29, 1.82) is 0 Å². The van der Waals surface area contributed by atoms with Gasteiger partial charge in [0.25, 0.3) is 0 Å². The molecule has 34 heavy (non-hydrogen) atoms. The van der Waals surface area contributed by atoms with Crippen LogP contribution in [-0.2, 0) is 17.8 Å². The molecule has 0 spiro atoms. The van der Waals surface area contributed by atoms with Crippen LogP contribution in [0.4, 0.5) is 5.82 Å². The lowest BCUT2D eigenvalue weighted by Gasteiger charge is -2.08. The van der Waals surface area contributed by atoms with Crippen molar-refractivity contribution in [3.63, 3.8) is 0 Å². The Labute approximate surface area is 196 Å². The van der Waals surface area contributed by atoms with Crippen molar-refractivity contribution in [3.05, 3.63) is 72.9 Å². The molecule has 10 heteroatoms. The second-order valence-electron chi connectivity index (χ2n) is 7.60. The van der Waals surface area contributed by atoms with Gasteiger partial charge in [-0.25, -0.2) is 15.0 Å². The van der Waals surface area contributed by atoms with Gasteiger partial charge in [0.15, 0.2) is 0 Å². The molecule has 0 fully saturated rings. The molecule has 5 aromatic rings. The van der Waals surface area contributed by atoms with Gasteiger partial charge < -0.3 is 14.8 Å². The number of methoxy groups -OCH3 is 2. The van der Waals surface area contributed by atoms with Gasteiger partial charge >= 0.3 is 0 Å². The van der Waals surface area contributed by atoms with Crippen LogP contribution in [0.1, 0.15) is 5.56 Å². The van der Waals surface area contributed by atoms with Crippen molar-refractivity contribution in [2.75, 3.05) is 26.1 Å². The van der Waals surface area contributed by atoms with Gasteiger partial charge in [-0.2, -0.15) is 15.0 Å². The third-order valence-electron chi connectivity index (χ3n) is 5.41. The number of ether oxygens (including phenoxy) is 2. The maximum Gasteiger partial charge on any atom is 0.140 e. The first-order valence-electron chi connectivity index (χ1n) is 10.8. The number of anilines is 1. The van der Waals surface area contributed by atoms with Crippen molar-refractivity contribution in [2.45, 2.75) is 13.1 Å².